The third-order valence-corrected chi connectivity index (χ3v) is 6.87. The Hall–Kier alpha value is -2.64. The van der Waals surface area contributed by atoms with Crippen molar-refractivity contribution in [3.63, 3.8) is 0 Å². The Morgan fingerprint density at radius 1 is 1.10 bits per heavy atom. The molecule has 8 nitrogen and oxygen atoms in total. The summed E-state index contributed by atoms with van der Waals surface area (Å²) < 4.78 is 7.52. The van der Waals surface area contributed by atoms with Crippen LogP contribution in [-0.2, 0) is 6.54 Å². The summed E-state index contributed by atoms with van der Waals surface area (Å²) in [6.45, 7) is 3.58. The zero-order valence-electron chi connectivity index (χ0n) is 18.5. The summed E-state index contributed by atoms with van der Waals surface area (Å²) in [6.07, 6.45) is 11.5. The van der Waals surface area contributed by atoms with Gasteiger partial charge in [-0.05, 0) is 51.7 Å². The molecule has 168 valence electrons. The van der Waals surface area contributed by atoms with E-state index in [1.807, 2.05) is 0 Å². The molecule has 8 heteroatoms. The Balaban J connectivity index is 1.54. The van der Waals surface area contributed by atoms with E-state index in [9.17, 15) is 14.9 Å². The monoisotopic (exact) mass is 428 g/mol. The van der Waals surface area contributed by atoms with E-state index < -0.39 is 4.92 Å². The highest BCUT2D eigenvalue weighted by Gasteiger charge is 2.34. The Morgan fingerprint density at radius 3 is 2.19 bits per heavy atom. The molecule has 2 heterocycles. The number of hydrogen-bond acceptors (Lipinski definition) is 5. The van der Waals surface area contributed by atoms with E-state index in [4.69, 9.17) is 4.42 Å². The molecule has 2 fully saturated rings. The standard InChI is InChI=1S/C23H32N4O4/c1-16-22(27(29)30)17(2)25(24-16)15-20-13-14-21(31-20)23(28)26(18-9-5-3-6-10-18)19-11-7-4-8-12-19/h13-14,18-19H,3-12,15H2,1-2H3. The molecule has 2 aromatic rings. The summed E-state index contributed by atoms with van der Waals surface area (Å²) in [5, 5.41) is 15.5. The van der Waals surface area contributed by atoms with Crippen LogP contribution in [0.2, 0.25) is 0 Å². The van der Waals surface area contributed by atoms with Crippen molar-refractivity contribution in [1.82, 2.24) is 14.7 Å². The predicted octanol–water partition coefficient (Wildman–Crippen LogP) is 5.16. The van der Waals surface area contributed by atoms with Crippen molar-refractivity contribution in [3.8, 4) is 0 Å². The molecule has 0 N–H and O–H groups in total. The number of nitro groups is 1. The number of hydrogen-bond donors (Lipinski definition) is 0. The molecule has 0 spiro atoms. The van der Waals surface area contributed by atoms with Gasteiger partial charge in [-0.15, -0.1) is 0 Å². The van der Waals surface area contributed by atoms with Gasteiger partial charge in [0, 0.05) is 12.1 Å². The molecule has 0 unspecified atom stereocenters. The van der Waals surface area contributed by atoms with Crippen LogP contribution in [0.3, 0.4) is 0 Å². The number of amides is 1. The van der Waals surface area contributed by atoms with Gasteiger partial charge in [-0.25, -0.2) is 0 Å². The lowest BCUT2D eigenvalue weighted by atomic mass is 9.88. The molecule has 0 radical (unpaired) electrons. The van der Waals surface area contributed by atoms with Crippen molar-refractivity contribution < 1.29 is 14.1 Å². The van der Waals surface area contributed by atoms with Crippen LogP contribution in [0.5, 0.6) is 0 Å². The minimum atomic E-state index is -0.405. The molecule has 2 aliphatic rings. The predicted molar refractivity (Wildman–Crippen MR) is 116 cm³/mol. The highest BCUT2D eigenvalue weighted by molar-refractivity contribution is 5.92. The number of rotatable bonds is 6. The fourth-order valence-corrected chi connectivity index (χ4v) is 5.31. The lowest BCUT2D eigenvalue weighted by Gasteiger charge is -2.41. The zero-order valence-corrected chi connectivity index (χ0v) is 18.5. The number of furan rings is 1. The molecule has 0 saturated heterocycles. The summed E-state index contributed by atoms with van der Waals surface area (Å²) in [6, 6.07) is 4.14. The van der Waals surface area contributed by atoms with Crippen LogP contribution in [-0.4, -0.2) is 37.6 Å². The molecule has 2 aliphatic carbocycles. The van der Waals surface area contributed by atoms with Gasteiger partial charge in [-0.1, -0.05) is 38.5 Å². The summed E-state index contributed by atoms with van der Waals surface area (Å²) in [5.74, 6) is 0.933. The van der Waals surface area contributed by atoms with Crippen LogP contribution in [0.15, 0.2) is 16.5 Å². The van der Waals surface area contributed by atoms with Crippen molar-refractivity contribution in [2.45, 2.75) is 96.7 Å². The molecule has 1 amide bonds. The normalized spacial score (nSPS) is 18.3. The maximum Gasteiger partial charge on any atom is 0.312 e. The minimum Gasteiger partial charge on any atom is -0.454 e. The van der Waals surface area contributed by atoms with E-state index in [2.05, 4.69) is 10.00 Å². The van der Waals surface area contributed by atoms with Crippen molar-refractivity contribution in [3.05, 3.63) is 45.2 Å². The first-order chi connectivity index (χ1) is 15.0. The van der Waals surface area contributed by atoms with Gasteiger partial charge < -0.3 is 9.32 Å². The second kappa shape index (κ2) is 9.24. The Labute approximate surface area is 182 Å². The lowest BCUT2D eigenvalue weighted by molar-refractivity contribution is -0.386. The highest BCUT2D eigenvalue weighted by atomic mass is 16.6. The van der Waals surface area contributed by atoms with E-state index in [-0.39, 0.29) is 18.1 Å². The van der Waals surface area contributed by atoms with Crippen LogP contribution in [0.4, 0.5) is 5.69 Å². The second-order valence-corrected chi connectivity index (χ2v) is 9.00. The Bertz CT molecular complexity index is 918. The molecular formula is C23H32N4O4. The van der Waals surface area contributed by atoms with Crippen molar-refractivity contribution >= 4 is 11.6 Å². The minimum absolute atomic E-state index is 0.00982. The topological polar surface area (TPSA) is 94.4 Å². The molecule has 2 saturated carbocycles. The summed E-state index contributed by atoms with van der Waals surface area (Å²) in [4.78, 5) is 26.5. The Morgan fingerprint density at radius 2 is 1.68 bits per heavy atom. The number of carbonyl (C=O) groups is 1. The van der Waals surface area contributed by atoms with Crippen LogP contribution < -0.4 is 0 Å². The number of aromatic nitrogens is 2. The van der Waals surface area contributed by atoms with Gasteiger partial charge in [0.2, 0.25) is 0 Å². The SMILES string of the molecule is Cc1nn(Cc2ccc(C(=O)N(C3CCCCC3)C3CCCCC3)o2)c(C)c1[N+](=O)[O-]. The molecule has 0 aliphatic heterocycles. The maximum atomic E-state index is 13.5. The van der Waals surface area contributed by atoms with Crippen LogP contribution in [0, 0.1) is 24.0 Å². The van der Waals surface area contributed by atoms with Gasteiger partial charge in [-0.2, -0.15) is 5.10 Å². The molecule has 0 atom stereocenters. The molecule has 2 aromatic heterocycles. The number of carbonyl (C=O) groups excluding carboxylic acids is 1. The second-order valence-electron chi connectivity index (χ2n) is 9.00. The quantitative estimate of drug-likeness (QED) is 0.468. The summed E-state index contributed by atoms with van der Waals surface area (Å²) in [5.41, 5.74) is 0.896. The van der Waals surface area contributed by atoms with Crippen molar-refractivity contribution in [1.29, 1.82) is 0 Å². The number of aryl methyl sites for hydroxylation is 1. The first kappa shape index (κ1) is 21.6. The van der Waals surface area contributed by atoms with E-state index >= 15 is 0 Å². The van der Waals surface area contributed by atoms with Gasteiger partial charge in [0.05, 0.1) is 11.5 Å². The first-order valence-corrected chi connectivity index (χ1v) is 11.6. The van der Waals surface area contributed by atoms with E-state index in [1.54, 1.807) is 30.7 Å². The van der Waals surface area contributed by atoms with Gasteiger partial charge in [0.1, 0.15) is 17.1 Å². The number of nitrogens with zero attached hydrogens (tertiary/aromatic N) is 4. The summed E-state index contributed by atoms with van der Waals surface area (Å²) >= 11 is 0. The fourth-order valence-electron chi connectivity index (χ4n) is 5.31. The van der Waals surface area contributed by atoms with Gasteiger partial charge in [0.15, 0.2) is 5.76 Å². The van der Waals surface area contributed by atoms with Crippen LogP contribution in [0.1, 0.15) is 91.9 Å². The van der Waals surface area contributed by atoms with Gasteiger partial charge in [-0.3, -0.25) is 19.6 Å². The molecular weight excluding hydrogens is 396 g/mol. The van der Waals surface area contributed by atoms with E-state index in [0.29, 0.717) is 35.0 Å². The van der Waals surface area contributed by atoms with Crippen LogP contribution in [0.25, 0.3) is 0 Å². The molecule has 0 aromatic carbocycles. The first-order valence-electron chi connectivity index (χ1n) is 11.6. The lowest BCUT2D eigenvalue weighted by Crippen LogP contribution is -2.48. The average molecular weight is 429 g/mol. The highest BCUT2D eigenvalue weighted by Crippen LogP contribution is 2.32. The van der Waals surface area contributed by atoms with Gasteiger partial charge in [0.25, 0.3) is 5.91 Å². The fraction of sp³-hybridized carbons (Fsp3) is 0.652. The molecule has 0 bridgehead atoms. The molecule has 4 rings (SSSR count). The van der Waals surface area contributed by atoms with Crippen molar-refractivity contribution in [2.75, 3.05) is 0 Å². The Kier molecular flexibility index (Phi) is 6.43. The third-order valence-electron chi connectivity index (χ3n) is 6.87. The smallest absolute Gasteiger partial charge is 0.312 e. The largest absolute Gasteiger partial charge is 0.454 e. The zero-order chi connectivity index (χ0) is 22.0. The summed E-state index contributed by atoms with van der Waals surface area (Å²) in [7, 11) is 0. The molecule has 31 heavy (non-hydrogen) atoms. The van der Waals surface area contributed by atoms with E-state index in [0.717, 1.165) is 25.7 Å². The average Bonchev–Trinajstić information content (AvgIpc) is 3.34. The van der Waals surface area contributed by atoms with Gasteiger partial charge >= 0.3 is 5.69 Å². The van der Waals surface area contributed by atoms with E-state index in [1.165, 1.54) is 38.5 Å². The maximum absolute atomic E-state index is 13.5. The third kappa shape index (κ3) is 4.52. The van der Waals surface area contributed by atoms with Crippen LogP contribution >= 0.6 is 0 Å². The van der Waals surface area contributed by atoms with Crippen molar-refractivity contribution in [2.24, 2.45) is 0 Å².